The van der Waals surface area contributed by atoms with E-state index in [9.17, 15) is 9.90 Å². The lowest BCUT2D eigenvalue weighted by atomic mass is 10.0. The highest BCUT2D eigenvalue weighted by molar-refractivity contribution is 7.15. The predicted molar refractivity (Wildman–Crippen MR) is 99.9 cm³/mol. The van der Waals surface area contributed by atoms with E-state index in [1.54, 1.807) is 23.6 Å². The molecule has 0 aliphatic rings. The van der Waals surface area contributed by atoms with Crippen molar-refractivity contribution in [2.24, 2.45) is 0 Å². The Hall–Kier alpha value is -2.57. The molecule has 25 heavy (non-hydrogen) atoms. The number of aryl methyl sites for hydroxylation is 3. The van der Waals surface area contributed by atoms with Crippen molar-refractivity contribution in [3.05, 3.63) is 63.9 Å². The number of carbonyl (C=O) groups excluding carboxylic acids is 1. The van der Waals surface area contributed by atoms with Crippen molar-refractivity contribution in [1.82, 2.24) is 9.97 Å². The first-order valence-corrected chi connectivity index (χ1v) is 8.72. The number of aromatic nitrogens is 2. The van der Waals surface area contributed by atoms with E-state index >= 15 is 0 Å². The average molecular weight is 353 g/mol. The molecule has 0 unspecified atom stereocenters. The van der Waals surface area contributed by atoms with Crippen LogP contribution in [0.4, 0.5) is 5.69 Å². The summed E-state index contributed by atoms with van der Waals surface area (Å²) in [5.41, 5.74) is 4.06. The molecule has 3 aromatic rings. The zero-order valence-electron chi connectivity index (χ0n) is 14.3. The van der Waals surface area contributed by atoms with Gasteiger partial charge in [-0.3, -0.25) is 4.79 Å². The van der Waals surface area contributed by atoms with Crippen molar-refractivity contribution in [2.45, 2.75) is 27.4 Å². The van der Waals surface area contributed by atoms with Crippen LogP contribution in [0.3, 0.4) is 0 Å². The van der Waals surface area contributed by atoms with E-state index in [1.165, 1.54) is 4.88 Å². The van der Waals surface area contributed by atoms with E-state index in [0.29, 0.717) is 0 Å². The molecule has 2 aromatic heterocycles. The summed E-state index contributed by atoms with van der Waals surface area (Å²) in [5.74, 6) is -0.216. The summed E-state index contributed by atoms with van der Waals surface area (Å²) in [4.78, 5) is 23.3. The first-order chi connectivity index (χ1) is 12.0. The molecular formula is C19H19N3O2S. The van der Waals surface area contributed by atoms with Gasteiger partial charge in [-0.1, -0.05) is 12.1 Å². The van der Waals surface area contributed by atoms with Gasteiger partial charge in [0.05, 0.1) is 17.2 Å². The minimum Gasteiger partial charge on any atom is -0.392 e. The second-order valence-electron chi connectivity index (χ2n) is 5.89. The van der Waals surface area contributed by atoms with Gasteiger partial charge in [-0.15, -0.1) is 11.3 Å². The highest BCUT2D eigenvalue weighted by Gasteiger charge is 2.14. The lowest BCUT2D eigenvalue weighted by molar-refractivity contribution is 0.101. The Kier molecular flexibility index (Phi) is 4.92. The third-order valence-electron chi connectivity index (χ3n) is 3.87. The number of aliphatic hydroxyl groups is 1. The second-order valence-corrected chi connectivity index (χ2v) is 7.18. The fourth-order valence-corrected chi connectivity index (χ4v) is 3.53. The molecule has 0 saturated heterocycles. The number of anilines is 1. The van der Waals surface area contributed by atoms with Gasteiger partial charge in [0.1, 0.15) is 0 Å². The summed E-state index contributed by atoms with van der Waals surface area (Å²) in [7, 11) is 0. The normalized spacial score (nSPS) is 10.7. The van der Waals surface area contributed by atoms with E-state index < -0.39 is 0 Å². The molecule has 0 aliphatic carbocycles. The Labute approximate surface area is 150 Å². The van der Waals surface area contributed by atoms with Crippen molar-refractivity contribution < 1.29 is 9.90 Å². The van der Waals surface area contributed by atoms with Gasteiger partial charge in [0.25, 0.3) is 5.91 Å². The maximum Gasteiger partial charge on any atom is 0.293 e. The molecule has 3 rings (SSSR count). The number of nitrogens with one attached hydrogen (secondary N) is 1. The van der Waals surface area contributed by atoms with Crippen LogP contribution in [-0.2, 0) is 6.61 Å². The number of rotatable bonds is 4. The molecular weight excluding hydrogens is 334 g/mol. The summed E-state index contributed by atoms with van der Waals surface area (Å²) >= 11 is 1.63. The smallest absolute Gasteiger partial charge is 0.293 e. The SMILES string of the molecule is Cc1ccc(-c2ccnc(C(=O)Nc3c(C)cc(CO)cc3C)n2)s1. The molecule has 1 aromatic carbocycles. The molecule has 5 nitrogen and oxygen atoms in total. The molecule has 0 atom stereocenters. The molecule has 0 spiro atoms. The number of hydrogen-bond acceptors (Lipinski definition) is 5. The highest BCUT2D eigenvalue weighted by atomic mass is 32.1. The van der Waals surface area contributed by atoms with Gasteiger partial charge in [-0.05, 0) is 55.7 Å². The van der Waals surface area contributed by atoms with Gasteiger partial charge in [0.2, 0.25) is 5.82 Å². The fraction of sp³-hybridized carbons (Fsp3) is 0.211. The quantitative estimate of drug-likeness (QED) is 0.746. The van der Waals surface area contributed by atoms with Crippen molar-refractivity contribution in [3.8, 4) is 10.6 Å². The molecule has 1 amide bonds. The Morgan fingerprint density at radius 1 is 1.16 bits per heavy atom. The molecule has 0 aliphatic heterocycles. The number of amides is 1. The van der Waals surface area contributed by atoms with Crippen LogP contribution >= 0.6 is 11.3 Å². The van der Waals surface area contributed by atoms with E-state index in [1.807, 2.05) is 45.0 Å². The minimum atomic E-state index is -0.349. The van der Waals surface area contributed by atoms with Crippen LogP contribution < -0.4 is 5.32 Å². The highest BCUT2D eigenvalue weighted by Crippen LogP contribution is 2.26. The number of thiophene rings is 1. The van der Waals surface area contributed by atoms with E-state index in [4.69, 9.17) is 0 Å². The Bertz CT molecular complexity index is 911. The fourth-order valence-electron chi connectivity index (χ4n) is 2.69. The van der Waals surface area contributed by atoms with Crippen molar-refractivity contribution in [1.29, 1.82) is 0 Å². The van der Waals surface area contributed by atoms with Crippen LogP contribution in [0.2, 0.25) is 0 Å². The summed E-state index contributed by atoms with van der Waals surface area (Å²) in [6.45, 7) is 5.80. The summed E-state index contributed by atoms with van der Waals surface area (Å²) in [6.07, 6.45) is 1.60. The summed E-state index contributed by atoms with van der Waals surface area (Å²) in [6, 6.07) is 9.53. The summed E-state index contributed by atoms with van der Waals surface area (Å²) < 4.78 is 0. The molecule has 0 radical (unpaired) electrons. The van der Waals surface area contributed by atoms with Crippen LogP contribution in [0.1, 0.15) is 32.2 Å². The van der Waals surface area contributed by atoms with Crippen LogP contribution in [-0.4, -0.2) is 21.0 Å². The number of benzene rings is 1. The lowest BCUT2D eigenvalue weighted by Crippen LogP contribution is -2.17. The van der Waals surface area contributed by atoms with Gasteiger partial charge in [-0.25, -0.2) is 9.97 Å². The van der Waals surface area contributed by atoms with Crippen molar-refractivity contribution >= 4 is 22.9 Å². The van der Waals surface area contributed by atoms with Crippen LogP contribution in [0, 0.1) is 20.8 Å². The van der Waals surface area contributed by atoms with Gasteiger partial charge in [-0.2, -0.15) is 0 Å². The summed E-state index contributed by atoms with van der Waals surface area (Å²) in [5, 5.41) is 12.2. The zero-order valence-corrected chi connectivity index (χ0v) is 15.1. The van der Waals surface area contributed by atoms with Gasteiger partial charge in [0.15, 0.2) is 0 Å². The molecule has 2 N–H and O–H groups in total. The van der Waals surface area contributed by atoms with Crippen LogP contribution in [0.5, 0.6) is 0 Å². The van der Waals surface area contributed by atoms with Gasteiger partial charge >= 0.3 is 0 Å². The molecule has 0 bridgehead atoms. The number of hydrogen-bond donors (Lipinski definition) is 2. The largest absolute Gasteiger partial charge is 0.392 e. The Balaban J connectivity index is 1.87. The minimum absolute atomic E-state index is 0.0265. The van der Waals surface area contributed by atoms with E-state index in [2.05, 4.69) is 15.3 Å². The van der Waals surface area contributed by atoms with E-state index in [0.717, 1.165) is 32.9 Å². The average Bonchev–Trinajstić information content (AvgIpc) is 3.04. The third kappa shape index (κ3) is 3.75. The number of nitrogens with zero attached hydrogens (tertiary/aromatic N) is 2. The maximum atomic E-state index is 12.6. The lowest BCUT2D eigenvalue weighted by Gasteiger charge is -2.13. The second kappa shape index (κ2) is 7.13. The molecule has 0 fully saturated rings. The monoisotopic (exact) mass is 353 g/mol. The number of aliphatic hydroxyl groups excluding tert-OH is 1. The van der Waals surface area contributed by atoms with Gasteiger partial charge in [0, 0.05) is 16.8 Å². The van der Waals surface area contributed by atoms with E-state index in [-0.39, 0.29) is 18.3 Å². The molecule has 0 saturated carbocycles. The molecule has 128 valence electrons. The van der Waals surface area contributed by atoms with Crippen molar-refractivity contribution in [3.63, 3.8) is 0 Å². The van der Waals surface area contributed by atoms with Crippen LogP contribution in [0.15, 0.2) is 36.5 Å². The number of carbonyl (C=O) groups is 1. The first kappa shape index (κ1) is 17.3. The van der Waals surface area contributed by atoms with Crippen molar-refractivity contribution in [2.75, 3.05) is 5.32 Å². The Morgan fingerprint density at radius 2 is 1.88 bits per heavy atom. The molecule has 6 heteroatoms. The third-order valence-corrected chi connectivity index (χ3v) is 4.89. The standard InChI is InChI=1S/C19H19N3O2S/c1-11-8-14(10-23)9-12(2)17(11)22-19(24)18-20-7-6-15(21-18)16-5-4-13(3)25-16/h4-9,23H,10H2,1-3H3,(H,22,24). The topological polar surface area (TPSA) is 75.1 Å². The zero-order chi connectivity index (χ0) is 18.0. The first-order valence-electron chi connectivity index (χ1n) is 7.90. The van der Waals surface area contributed by atoms with Crippen LogP contribution in [0.25, 0.3) is 10.6 Å². The van der Waals surface area contributed by atoms with Gasteiger partial charge < -0.3 is 10.4 Å². The Morgan fingerprint density at radius 3 is 2.48 bits per heavy atom. The predicted octanol–water partition coefficient (Wildman–Crippen LogP) is 3.87. The maximum absolute atomic E-state index is 12.6. The molecule has 2 heterocycles.